The summed E-state index contributed by atoms with van der Waals surface area (Å²) >= 11 is 9.47. The summed E-state index contributed by atoms with van der Waals surface area (Å²) in [5.74, 6) is 0.463. The molecule has 1 nitrogen and oxygen atoms in total. The molecule has 1 aliphatic rings. The largest absolute Gasteiger partial charge is 0.294 e. The van der Waals surface area contributed by atoms with Crippen LogP contribution in [0.2, 0.25) is 5.02 Å². The lowest BCUT2D eigenvalue weighted by Gasteiger charge is -2.29. The zero-order chi connectivity index (χ0) is 13.4. The molecular weight excluding hydrogens is 324 g/mol. The van der Waals surface area contributed by atoms with E-state index in [0.29, 0.717) is 22.9 Å². The molecule has 0 saturated heterocycles. The second-order valence-corrected chi connectivity index (χ2v) is 6.17. The summed E-state index contributed by atoms with van der Waals surface area (Å²) in [6.07, 6.45) is 1.53. The molecule has 0 spiro atoms. The van der Waals surface area contributed by atoms with Gasteiger partial charge in [-0.15, -0.1) is 0 Å². The number of carbonyl (C=O) groups is 1. The Labute approximate surface area is 125 Å². The predicted octanol–water partition coefficient (Wildman–Crippen LogP) is 5.02. The van der Waals surface area contributed by atoms with Gasteiger partial charge >= 0.3 is 0 Å². The minimum Gasteiger partial charge on any atom is -0.294 e. The van der Waals surface area contributed by atoms with Gasteiger partial charge in [0.25, 0.3) is 0 Å². The number of halogens is 2. The predicted molar refractivity (Wildman–Crippen MR) is 81.0 cm³/mol. The molecule has 0 aliphatic heterocycles. The van der Waals surface area contributed by atoms with Gasteiger partial charge in [0.05, 0.1) is 5.02 Å². The van der Waals surface area contributed by atoms with Gasteiger partial charge in [0.15, 0.2) is 5.78 Å². The summed E-state index contributed by atoms with van der Waals surface area (Å²) < 4.78 is 0.884. The van der Waals surface area contributed by atoms with Crippen LogP contribution in [0.4, 0.5) is 0 Å². The highest BCUT2D eigenvalue weighted by atomic mass is 79.9. The molecule has 0 bridgehead atoms. The summed E-state index contributed by atoms with van der Waals surface area (Å²) in [5, 5.41) is 0.529. The molecule has 0 amide bonds. The van der Waals surface area contributed by atoms with Crippen LogP contribution in [0.3, 0.4) is 0 Å². The Morgan fingerprint density at radius 1 is 1.26 bits per heavy atom. The first-order valence-corrected chi connectivity index (χ1v) is 7.38. The highest BCUT2D eigenvalue weighted by molar-refractivity contribution is 9.10. The zero-order valence-corrected chi connectivity index (χ0v) is 12.5. The van der Waals surface area contributed by atoms with Crippen LogP contribution in [0, 0.1) is 0 Å². The number of Topliss-reactive ketones (excluding diaryl/α,β-unsaturated/α-hetero) is 1. The number of fused-ring (bicyclic) bond motifs is 1. The molecule has 3 rings (SSSR count). The average molecular weight is 336 g/mol. The van der Waals surface area contributed by atoms with Crippen molar-refractivity contribution < 1.29 is 4.79 Å². The molecule has 0 saturated carbocycles. The van der Waals surface area contributed by atoms with Crippen molar-refractivity contribution in [3.8, 4) is 0 Å². The van der Waals surface area contributed by atoms with Crippen LogP contribution in [0.1, 0.15) is 33.8 Å². The van der Waals surface area contributed by atoms with Crippen molar-refractivity contribution in [3.63, 3.8) is 0 Å². The van der Waals surface area contributed by atoms with Crippen molar-refractivity contribution in [2.24, 2.45) is 0 Å². The van der Waals surface area contributed by atoms with Gasteiger partial charge in [-0.25, -0.2) is 0 Å². The van der Waals surface area contributed by atoms with Crippen LogP contribution in [0.15, 0.2) is 46.9 Å². The average Bonchev–Trinajstić information content (AvgIpc) is 2.38. The fraction of sp³-hybridized carbons (Fsp3) is 0.188. The second kappa shape index (κ2) is 5.10. The molecule has 2 aromatic carbocycles. The maximum atomic E-state index is 12.3. The summed E-state index contributed by atoms with van der Waals surface area (Å²) in [7, 11) is 0. The van der Waals surface area contributed by atoms with E-state index in [1.165, 1.54) is 11.1 Å². The van der Waals surface area contributed by atoms with Crippen LogP contribution < -0.4 is 0 Å². The van der Waals surface area contributed by atoms with Crippen LogP contribution in [-0.2, 0) is 6.42 Å². The fourth-order valence-corrected chi connectivity index (χ4v) is 3.17. The molecule has 1 atom stereocenters. The molecule has 19 heavy (non-hydrogen) atoms. The number of benzene rings is 2. The number of hydrogen-bond acceptors (Lipinski definition) is 1. The molecular formula is C16H12BrClO. The van der Waals surface area contributed by atoms with Gasteiger partial charge in [0, 0.05) is 16.5 Å². The van der Waals surface area contributed by atoms with Gasteiger partial charge in [0.2, 0.25) is 0 Å². The van der Waals surface area contributed by atoms with Gasteiger partial charge < -0.3 is 0 Å². The second-order valence-electron chi connectivity index (χ2n) is 4.85. The quantitative estimate of drug-likeness (QED) is 0.720. The summed E-state index contributed by atoms with van der Waals surface area (Å²) in [6, 6.07) is 13.7. The van der Waals surface area contributed by atoms with E-state index in [2.05, 4.69) is 28.1 Å². The summed E-state index contributed by atoms with van der Waals surface area (Å²) in [5.41, 5.74) is 3.28. The highest BCUT2D eigenvalue weighted by Gasteiger charge is 2.28. The maximum Gasteiger partial charge on any atom is 0.165 e. The fourth-order valence-electron chi connectivity index (χ4n) is 2.59. The van der Waals surface area contributed by atoms with Gasteiger partial charge in [0.1, 0.15) is 0 Å². The monoisotopic (exact) mass is 334 g/mol. The standard InChI is InChI=1S/C16H12BrClO/c17-12-5-6-15(18)14(9-12)16(19)8-11-7-10-3-1-2-4-13(10)11/h1-6,9,11H,7-8H2. The lowest BCUT2D eigenvalue weighted by Crippen LogP contribution is -2.20. The Morgan fingerprint density at radius 3 is 2.84 bits per heavy atom. The topological polar surface area (TPSA) is 17.1 Å². The van der Waals surface area contributed by atoms with Crippen molar-refractivity contribution in [3.05, 3.63) is 68.7 Å². The smallest absolute Gasteiger partial charge is 0.165 e. The van der Waals surface area contributed by atoms with E-state index < -0.39 is 0 Å². The van der Waals surface area contributed by atoms with Gasteiger partial charge in [-0.2, -0.15) is 0 Å². The van der Waals surface area contributed by atoms with E-state index >= 15 is 0 Å². The van der Waals surface area contributed by atoms with E-state index in [1.807, 2.05) is 18.2 Å². The first kappa shape index (κ1) is 12.9. The van der Waals surface area contributed by atoms with Gasteiger partial charge in [-0.3, -0.25) is 4.79 Å². The first-order valence-electron chi connectivity index (χ1n) is 6.21. The van der Waals surface area contributed by atoms with E-state index in [9.17, 15) is 4.79 Å². The van der Waals surface area contributed by atoms with Gasteiger partial charge in [-0.1, -0.05) is 51.8 Å². The van der Waals surface area contributed by atoms with Crippen LogP contribution in [0.25, 0.3) is 0 Å². The number of carbonyl (C=O) groups excluding carboxylic acids is 1. The Balaban J connectivity index is 1.79. The van der Waals surface area contributed by atoms with Crippen molar-refractivity contribution in [2.45, 2.75) is 18.8 Å². The lowest BCUT2D eigenvalue weighted by molar-refractivity contribution is 0.0970. The van der Waals surface area contributed by atoms with E-state index in [1.54, 1.807) is 12.1 Å². The number of ketones is 1. The van der Waals surface area contributed by atoms with Crippen LogP contribution in [-0.4, -0.2) is 5.78 Å². The number of rotatable bonds is 3. The van der Waals surface area contributed by atoms with E-state index in [0.717, 1.165) is 10.9 Å². The third-order valence-corrected chi connectivity index (χ3v) is 4.44. The Bertz CT molecular complexity index is 651. The van der Waals surface area contributed by atoms with Crippen LogP contribution in [0.5, 0.6) is 0 Å². The Hall–Kier alpha value is -1.12. The van der Waals surface area contributed by atoms with Crippen molar-refractivity contribution in [1.82, 2.24) is 0 Å². The van der Waals surface area contributed by atoms with Gasteiger partial charge in [-0.05, 0) is 41.7 Å². The minimum atomic E-state index is 0.116. The molecule has 1 unspecified atom stereocenters. The molecule has 0 radical (unpaired) electrons. The SMILES string of the molecule is O=C(CC1Cc2ccccc21)c1cc(Br)ccc1Cl. The molecule has 0 N–H and O–H groups in total. The third-order valence-electron chi connectivity index (χ3n) is 3.62. The molecule has 0 heterocycles. The molecule has 0 fully saturated rings. The zero-order valence-electron chi connectivity index (χ0n) is 10.2. The summed E-state index contributed by atoms with van der Waals surface area (Å²) in [4.78, 5) is 12.3. The van der Waals surface area contributed by atoms with Crippen molar-refractivity contribution in [1.29, 1.82) is 0 Å². The minimum absolute atomic E-state index is 0.116. The molecule has 96 valence electrons. The highest BCUT2D eigenvalue weighted by Crippen LogP contribution is 2.38. The Morgan fingerprint density at radius 2 is 2.05 bits per heavy atom. The summed E-state index contributed by atoms with van der Waals surface area (Å²) in [6.45, 7) is 0. The van der Waals surface area contributed by atoms with Crippen molar-refractivity contribution >= 4 is 33.3 Å². The van der Waals surface area contributed by atoms with E-state index in [4.69, 9.17) is 11.6 Å². The normalized spacial score (nSPS) is 16.6. The lowest BCUT2D eigenvalue weighted by atomic mass is 9.74. The molecule has 2 aromatic rings. The Kier molecular flexibility index (Phi) is 3.46. The number of hydrogen-bond donors (Lipinski definition) is 0. The van der Waals surface area contributed by atoms with E-state index in [-0.39, 0.29) is 5.78 Å². The molecule has 0 aromatic heterocycles. The molecule has 1 aliphatic carbocycles. The first-order chi connectivity index (χ1) is 9.15. The maximum absolute atomic E-state index is 12.3. The van der Waals surface area contributed by atoms with Crippen molar-refractivity contribution in [2.75, 3.05) is 0 Å². The third kappa shape index (κ3) is 2.47. The van der Waals surface area contributed by atoms with Crippen LogP contribution >= 0.6 is 27.5 Å². The molecule has 3 heteroatoms.